The Labute approximate surface area is 120 Å². The number of rotatable bonds is 6. The largest absolute Gasteiger partial charge is 0.330 e. The Morgan fingerprint density at radius 3 is 2.76 bits per heavy atom. The van der Waals surface area contributed by atoms with Crippen LogP contribution >= 0.6 is 0 Å². The van der Waals surface area contributed by atoms with Crippen LogP contribution in [-0.2, 0) is 16.6 Å². The molecule has 21 heavy (non-hydrogen) atoms. The molecule has 0 radical (unpaired) electrons. The molecule has 6 nitrogen and oxygen atoms in total. The average molecular weight is 316 g/mol. The molecular formula is C12H14F2N4O2S. The molecule has 1 aromatic heterocycles. The predicted molar refractivity (Wildman–Crippen MR) is 73.1 cm³/mol. The highest BCUT2D eigenvalue weighted by Gasteiger charge is 2.18. The summed E-state index contributed by atoms with van der Waals surface area (Å²) in [4.78, 5) is -0.108. The van der Waals surface area contributed by atoms with Crippen LogP contribution in [0.15, 0.2) is 35.5 Å². The van der Waals surface area contributed by atoms with Gasteiger partial charge in [-0.05, 0) is 25.1 Å². The zero-order chi connectivity index (χ0) is 15.5. The number of nitrogens with two attached hydrogens (primary N) is 1. The SMILES string of the molecule is NCCCn1cc(S(=O)(=O)Nc2ccc(F)cc2F)cn1. The summed E-state index contributed by atoms with van der Waals surface area (Å²) in [7, 11) is -3.98. The Kier molecular flexibility index (Phi) is 4.53. The fourth-order valence-corrected chi connectivity index (χ4v) is 2.65. The lowest BCUT2D eigenvalue weighted by Gasteiger charge is -2.07. The first kappa shape index (κ1) is 15.4. The predicted octanol–water partition coefficient (Wildman–Crippen LogP) is 1.31. The van der Waals surface area contributed by atoms with E-state index in [4.69, 9.17) is 5.73 Å². The second-order valence-electron chi connectivity index (χ2n) is 4.31. The third-order valence-corrected chi connectivity index (χ3v) is 4.01. The minimum Gasteiger partial charge on any atom is -0.330 e. The number of hydrogen-bond acceptors (Lipinski definition) is 4. The van der Waals surface area contributed by atoms with Crippen molar-refractivity contribution in [2.75, 3.05) is 11.3 Å². The molecule has 0 saturated heterocycles. The van der Waals surface area contributed by atoms with Crippen molar-refractivity contribution < 1.29 is 17.2 Å². The number of nitrogens with zero attached hydrogens (tertiary/aromatic N) is 2. The number of sulfonamides is 1. The molecule has 0 aliphatic rings. The molecule has 0 aliphatic carbocycles. The van der Waals surface area contributed by atoms with Crippen LogP contribution in [-0.4, -0.2) is 24.7 Å². The fraction of sp³-hybridized carbons (Fsp3) is 0.250. The van der Waals surface area contributed by atoms with E-state index in [1.54, 1.807) is 0 Å². The van der Waals surface area contributed by atoms with Gasteiger partial charge in [0.25, 0.3) is 10.0 Å². The van der Waals surface area contributed by atoms with Gasteiger partial charge in [0, 0.05) is 18.8 Å². The highest BCUT2D eigenvalue weighted by atomic mass is 32.2. The lowest BCUT2D eigenvalue weighted by atomic mass is 10.3. The fourth-order valence-electron chi connectivity index (χ4n) is 1.63. The van der Waals surface area contributed by atoms with Crippen LogP contribution in [0.4, 0.5) is 14.5 Å². The van der Waals surface area contributed by atoms with Gasteiger partial charge in [-0.3, -0.25) is 9.40 Å². The van der Waals surface area contributed by atoms with Crippen LogP contribution in [0.2, 0.25) is 0 Å². The van der Waals surface area contributed by atoms with Gasteiger partial charge in [0.1, 0.15) is 16.5 Å². The first-order valence-electron chi connectivity index (χ1n) is 6.13. The van der Waals surface area contributed by atoms with E-state index < -0.39 is 21.7 Å². The second-order valence-corrected chi connectivity index (χ2v) is 5.99. The molecule has 0 aliphatic heterocycles. The minimum atomic E-state index is -3.98. The summed E-state index contributed by atoms with van der Waals surface area (Å²) in [6.45, 7) is 0.942. The molecular weight excluding hydrogens is 302 g/mol. The zero-order valence-electron chi connectivity index (χ0n) is 11.0. The average Bonchev–Trinajstić information content (AvgIpc) is 2.89. The molecule has 0 saturated carbocycles. The van der Waals surface area contributed by atoms with E-state index in [0.717, 1.165) is 18.3 Å². The van der Waals surface area contributed by atoms with Gasteiger partial charge in [-0.2, -0.15) is 5.10 Å². The Hall–Kier alpha value is -2.00. The highest BCUT2D eigenvalue weighted by molar-refractivity contribution is 7.92. The number of benzene rings is 1. The van der Waals surface area contributed by atoms with E-state index in [9.17, 15) is 17.2 Å². The van der Waals surface area contributed by atoms with Gasteiger partial charge in [0.2, 0.25) is 0 Å². The Balaban J connectivity index is 2.19. The van der Waals surface area contributed by atoms with Gasteiger partial charge in [-0.1, -0.05) is 0 Å². The van der Waals surface area contributed by atoms with Crippen LogP contribution in [0.5, 0.6) is 0 Å². The smallest absolute Gasteiger partial charge is 0.265 e. The van der Waals surface area contributed by atoms with Gasteiger partial charge in [-0.25, -0.2) is 17.2 Å². The molecule has 1 aromatic carbocycles. The molecule has 0 unspecified atom stereocenters. The number of nitrogens with one attached hydrogen (secondary N) is 1. The topological polar surface area (TPSA) is 90.0 Å². The Morgan fingerprint density at radius 2 is 2.10 bits per heavy atom. The molecule has 0 spiro atoms. The van der Waals surface area contributed by atoms with Gasteiger partial charge < -0.3 is 5.73 Å². The number of hydrogen-bond donors (Lipinski definition) is 2. The number of halogens is 2. The quantitative estimate of drug-likeness (QED) is 0.841. The number of aromatic nitrogens is 2. The summed E-state index contributed by atoms with van der Waals surface area (Å²) in [5, 5.41) is 3.89. The normalized spacial score (nSPS) is 11.6. The lowest BCUT2D eigenvalue weighted by molar-refractivity contribution is 0.580. The molecule has 3 N–H and O–H groups in total. The molecule has 0 amide bonds. The number of aryl methyl sites for hydroxylation is 1. The van der Waals surface area contributed by atoms with Crippen LogP contribution in [0.3, 0.4) is 0 Å². The van der Waals surface area contributed by atoms with E-state index in [1.165, 1.54) is 10.9 Å². The molecule has 114 valence electrons. The van der Waals surface area contributed by atoms with Gasteiger partial charge >= 0.3 is 0 Å². The summed E-state index contributed by atoms with van der Waals surface area (Å²) in [5.74, 6) is -1.78. The van der Waals surface area contributed by atoms with Gasteiger partial charge in [0.15, 0.2) is 0 Å². The lowest BCUT2D eigenvalue weighted by Crippen LogP contribution is -2.13. The van der Waals surface area contributed by atoms with Crippen molar-refractivity contribution in [2.24, 2.45) is 5.73 Å². The van der Waals surface area contributed by atoms with Crippen LogP contribution in [0.25, 0.3) is 0 Å². The van der Waals surface area contributed by atoms with Crippen molar-refractivity contribution in [1.82, 2.24) is 9.78 Å². The van der Waals surface area contributed by atoms with Crippen molar-refractivity contribution in [3.05, 3.63) is 42.2 Å². The molecule has 0 fully saturated rings. The maximum absolute atomic E-state index is 13.5. The minimum absolute atomic E-state index is 0.108. The number of anilines is 1. The standard InChI is InChI=1S/C12H14F2N4O2S/c13-9-2-3-12(11(14)6-9)17-21(19,20)10-7-16-18(8-10)5-1-4-15/h2-3,6-8,17H,1,4-5,15H2. The first-order valence-corrected chi connectivity index (χ1v) is 7.61. The molecule has 1 heterocycles. The summed E-state index contributed by atoms with van der Waals surface area (Å²) in [6.07, 6.45) is 3.13. The Morgan fingerprint density at radius 1 is 1.33 bits per heavy atom. The first-order chi connectivity index (χ1) is 9.92. The maximum Gasteiger partial charge on any atom is 0.265 e. The maximum atomic E-state index is 13.5. The molecule has 9 heteroatoms. The summed E-state index contributed by atoms with van der Waals surface area (Å²) in [6, 6.07) is 2.58. The second kappa shape index (κ2) is 6.19. The van der Waals surface area contributed by atoms with Crippen molar-refractivity contribution >= 4 is 15.7 Å². The zero-order valence-corrected chi connectivity index (χ0v) is 11.8. The van der Waals surface area contributed by atoms with Crippen LogP contribution < -0.4 is 10.5 Å². The third-order valence-electron chi connectivity index (χ3n) is 2.69. The van der Waals surface area contributed by atoms with Crippen molar-refractivity contribution in [3.63, 3.8) is 0 Å². The molecule has 0 atom stereocenters. The van der Waals surface area contributed by atoms with Gasteiger partial charge in [0.05, 0.1) is 11.9 Å². The van der Waals surface area contributed by atoms with E-state index in [1.807, 2.05) is 0 Å². The summed E-state index contributed by atoms with van der Waals surface area (Å²) >= 11 is 0. The van der Waals surface area contributed by atoms with Crippen LogP contribution in [0, 0.1) is 11.6 Å². The van der Waals surface area contributed by atoms with Gasteiger partial charge in [-0.15, -0.1) is 0 Å². The third kappa shape index (κ3) is 3.76. The molecule has 2 rings (SSSR count). The van der Waals surface area contributed by atoms with Crippen molar-refractivity contribution in [3.8, 4) is 0 Å². The van der Waals surface area contributed by atoms with Crippen molar-refractivity contribution in [1.29, 1.82) is 0 Å². The highest BCUT2D eigenvalue weighted by Crippen LogP contribution is 2.19. The molecule has 2 aromatic rings. The van der Waals surface area contributed by atoms with E-state index in [2.05, 4.69) is 9.82 Å². The Bertz CT molecular complexity index is 731. The summed E-state index contributed by atoms with van der Waals surface area (Å²) < 4.78 is 53.9. The summed E-state index contributed by atoms with van der Waals surface area (Å²) in [5.41, 5.74) is 5.03. The van der Waals surface area contributed by atoms with E-state index >= 15 is 0 Å². The van der Waals surface area contributed by atoms with E-state index in [0.29, 0.717) is 25.6 Å². The van der Waals surface area contributed by atoms with E-state index in [-0.39, 0.29) is 10.6 Å². The molecule has 0 bridgehead atoms. The van der Waals surface area contributed by atoms with Crippen molar-refractivity contribution in [2.45, 2.75) is 17.9 Å². The monoisotopic (exact) mass is 316 g/mol. The van der Waals surface area contributed by atoms with Crippen LogP contribution in [0.1, 0.15) is 6.42 Å².